The third-order valence-electron chi connectivity index (χ3n) is 8.51. The fourth-order valence-corrected chi connectivity index (χ4v) is 7.63. The molecule has 10 heteroatoms. The molecule has 42 heavy (non-hydrogen) atoms. The quantitative estimate of drug-likeness (QED) is 0.203. The van der Waals surface area contributed by atoms with Crippen LogP contribution in [-0.4, -0.2) is 91.1 Å². The highest BCUT2D eigenvalue weighted by Gasteiger charge is 2.42. The van der Waals surface area contributed by atoms with Gasteiger partial charge in [0.2, 0.25) is 11.8 Å². The van der Waals surface area contributed by atoms with Crippen molar-refractivity contribution in [1.82, 2.24) is 20.4 Å². The van der Waals surface area contributed by atoms with Crippen LogP contribution in [0.4, 0.5) is 0 Å². The van der Waals surface area contributed by atoms with E-state index in [0.717, 1.165) is 51.4 Å². The normalized spacial score (nSPS) is 21.4. The highest BCUT2D eigenvalue weighted by molar-refractivity contribution is 5.81. The minimum absolute atomic E-state index is 0.0104. The van der Waals surface area contributed by atoms with Gasteiger partial charge in [-0.2, -0.15) is 0 Å². The molecule has 0 aliphatic carbocycles. The highest BCUT2D eigenvalue weighted by atomic mass is 16.4. The first-order valence-corrected chi connectivity index (χ1v) is 15.8. The van der Waals surface area contributed by atoms with Crippen LogP contribution in [0.25, 0.3) is 0 Å². The average molecular weight is 595 g/mol. The number of carbonyl (C=O) groups excluding carboxylic acids is 2. The number of carboxylic acid groups (broad SMARTS) is 2. The standard InChI is InChI=1S/C32H58N4O6/c1-29(2)19-23(20-30(3,4)33-29)35(25(37)13-15-27(39)40)17-11-9-10-12-18-36(26(38)14-16-28(41)42)24-21-31(5,6)34-32(7,8)22-24/h23-24,33-34H,9-22H2,1-8H3,(H,39,40)(H,41,42). The molecule has 4 N–H and O–H groups in total. The topological polar surface area (TPSA) is 139 Å². The number of aliphatic carboxylic acids is 2. The molecule has 2 rings (SSSR count). The van der Waals surface area contributed by atoms with Crippen LogP contribution >= 0.6 is 0 Å². The van der Waals surface area contributed by atoms with Crippen molar-refractivity contribution in [3.8, 4) is 0 Å². The van der Waals surface area contributed by atoms with Gasteiger partial charge in [0.25, 0.3) is 0 Å². The zero-order chi connectivity index (χ0) is 31.9. The highest BCUT2D eigenvalue weighted by Crippen LogP contribution is 2.33. The Kier molecular flexibility index (Phi) is 12.4. The SMILES string of the molecule is CC1(C)CC(N(CCCCCCN(C(=O)CCC(=O)O)C2CC(C)(C)NC(C)(C)C2)C(=O)CCC(=O)O)CC(C)(C)N1. The van der Waals surface area contributed by atoms with Gasteiger partial charge < -0.3 is 30.6 Å². The molecule has 2 heterocycles. The predicted octanol–water partition coefficient (Wildman–Crippen LogP) is 4.55. The molecule has 2 fully saturated rings. The van der Waals surface area contributed by atoms with Crippen molar-refractivity contribution in [2.45, 2.75) is 167 Å². The lowest BCUT2D eigenvalue weighted by Crippen LogP contribution is -2.63. The van der Waals surface area contributed by atoms with Gasteiger partial charge in [-0.15, -0.1) is 0 Å². The van der Waals surface area contributed by atoms with Crippen LogP contribution in [0.1, 0.15) is 132 Å². The van der Waals surface area contributed by atoms with Crippen LogP contribution in [0.3, 0.4) is 0 Å². The summed E-state index contributed by atoms with van der Waals surface area (Å²) in [6, 6.07) is 0.0954. The monoisotopic (exact) mass is 594 g/mol. The molecular weight excluding hydrogens is 536 g/mol. The molecule has 0 spiro atoms. The Morgan fingerprint density at radius 2 is 0.833 bits per heavy atom. The minimum Gasteiger partial charge on any atom is -0.481 e. The molecule has 0 aromatic heterocycles. The van der Waals surface area contributed by atoms with Gasteiger partial charge in [-0.1, -0.05) is 12.8 Å². The first kappa shape index (κ1) is 36.0. The van der Waals surface area contributed by atoms with E-state index in [1.54, 1.807) is 0 Å². The number of hydrogen-bond acceptors (Lipinski definition) is 6. The van der Waals surface area contributed by atoms with Gasteiger partial charge in [0, 0.05) is 60.2 Å². The lowest BCUT2D eigenvalue weighted by molar-refractivity contribution is -0.142. The van der Waals surface area contributed by atoms with Crippen LogP contribution in [0.2, 0.25) is 0 Å². The Morgan fingerprint density at radius 1 is 0.548 bits per heavy atom. The molecule has 2 aliphatic heterocycles. The molecule has 0 saturated carbocycles. The summed E-state index contributed by atoms with van der Waals surface area (Å²) in [4.78, 5) is 52.6. The molecule has 10 nitrogen and oxygen atoms in total. The van der Waals surface area contributed by atoms with Gasteiger partial charge in [-0.05, 0) is 93.9 Å². The van der Waals surface area contributed by atoms with E-state index in [2.05, 4.69) is 66.0 Å². The van der Waals surface area contributed by atoms with E-state index < -0.39 is 11.9 Å². The Bertz CT molecular complexity index is 853. The number of amides is 2. The fourth-order valence-electron chi connectivity index (χ4n) is 7.63. The van der Waals surface area contributed by atoms with E-state index in [1.165, 1.54) is 0 Å². The summed E-state index contributed by atoms with van der Waals surface area (Å²) in [7, 11) is 0. The summed E-state index contributed by atoms with van der Waals surface area (Å²) in [5, 5.41) is 25.6. The van der Waals surface area contributed by atoms with Gasteiger partial charge in [0.05, 0.1) is 12.8 Å². The maximum atomic E-state index is 13.2. The summed E-state index contributed by atoms with van der Waals surface area (Å²) in [6.45, 7) is 18.4. The number of piperidine rings is 2. The number of rotatable bonds is 15. The molecule has 0 bridgehead atoms. The summed E-state index contributed by atoms with van der Waals surface area (Å²) < 4.78 is 0. The van der Waals surface area contributed by atoms with E-state index in [1.807, 2.05) is 9.80 Å². The molecule has 0 unspecified atom stereocenters. The Morgan fingerprint density at radius 3 is 1.10 bits per heavy atom. The zero-order valence-electron chi connectivity index (χ0n) is 27.5. The van der Waals surface area contributed by atoms with Crippen molar-refractivity contribution in [2.24, 2.45) is 0 Å². The van der Waals surface area contributed by atoms with Gasteiger partial charge in [-0.3, -0.25) is 19.2 Å². The Labute approximate surface area is 253 Å². The second kappa shape index (κ2) is 14.5. The van der Waals surface area contributed by atoms with Crippen molar-refractivity contribution in [3.63, 3.8) is 0 Å². The van der Waals surface area contributed by atoms with Crippen molar-refractivity contribution in [1.29, 1.82) is 0 Å². The third kappa shape index (κ3) is 12.2. The van der Waals surface area contributed by atoms with Crippen LogP contribution in [-0.2, 0) is 19.2 Å². The number of hydrogen-bond donors (Lipinski definition) is 4. The molecule has 0 aromatic carbocycles. The van der Waals surface area contributed by atoms with E-state index >= 15 is 0 Å². The molecule has 2 saturated heterocycles. The minimum atomic E-state index is -0.961. The molecular formula is C32H58N4O6. The van der Waals surface area contributed by atoms with Crippen molar-refractivity contribution < 1.29 is 29.4 Å². The second-order valence-corrected chi connectivity index (χ2v) is 15.3. The number of unbranched alkanes of at least 4 members (excludes halogenated alkanes) is 3. The summed E-state index contributed by atoms with van der Waals surface area (Å²) in [5.41, 5.74) is -0.531. The fraction of sp³-hybridized carbons (Fsp3) is 0.875. The predicted molar refractivity (Wildman–Crippen MR) is 164 cm³/mol. The van der Waals surface area contributed by atoms with E-state index in [-0.39, 0.29) is 71.7 Å². The number of carboxylic acids is 2. The maximum Gasteiger partial charge on any atom is 0.303 e. The smallest absolute Gasteiger partial charge is 0.303 e. The van der Waals surface area contributed by atoms with Crippen molar-refractivity contribution in [2.75, 3.05) is 13.1 Å². The van der Waals surface area contributed by atoms with Gasteiger partial charge in [0.1, 0.15) is 0 Å². The third-order valence-corrected chi connectivity index (χ3v) is 8.51. The van der Waals surface area contributed by atoms with Gasteiger partial charge in [-0.25, -0.2) is 0 Å². The Balaban J connectivity index is 2.01. The summed E-state index contributed by atoms with van der Waals surface area (Å²) in [5.74, 6) is -2.11. The van der Waals surface area contributed by atoms with E-state index in [9.17, 15) is 19.2 Å². The van der Waals surface area contributed by atoms with Crippen molar-refractivity contribution in [3.05, 3.63) is 0 Å². The lowest BCUT2D eigenvalue weighted by Gasteiger charge is -2.50. The van der Waals surface area contributed by atoms with E-state index in [0.29, 0.717) is 13.1 Å². The molecule has 0 radical (unpaired) electrons. The van der Waals surface area contributed by atoms with Crippen molar-refractivity contribution >= 4 is 23.8 Å². The second-order valence-electron chi connectivity index (χ2n) is 15.3. The largest absolute Gasteiger partial charge is 0.481 e. The molecule has 0 atom stereocenters. The van der Waals surface area contributed by atoms with E-state index in [4.69, 9.17) is 10.2 Å². The van der Waals surface area contributed by atoms with Crippen LogP contribution in [0.15, 0.2) is 0 Å². The van der Waals surface area contributed by atoms with Crippen LogP contribution in [0.5, 0.6) is 0 Å². The first-order valence-electron chi connectivity index (χ1n) is 15.8. The van der Waals surface area contributed by atoms with Gasteiger partial charge >= 0.3 is 11.9 Å². The number of nitrogens with one attached hydrogen (secondary N) is 2. The van der Waals surface area contributed by atoms with Gasteiger partial charge in [0.15, 0.2) is 0 Å². The molecule has 242 valence electrons. The molecule has 2 amide bonds. The molecule has 2 aliphatic rings. The molecule has 0 aromatic rings. The van der Waals surface area contributed by atoms with Crippen LogP contribution in [0, 0.1) is 0 Å². The average Bonchev–Trinajstić information content (AvgIpc) is 2.78. The van der Waals surface area contributed by atoms with Crippen LogP contribution < -0.4 is 10.6 Å². The summed E-state index contributed by atoms with van der Waals surface area (Å²) >= 11 is 0. The first-order chi connectivity index (χ1) is 19.2. The Hall–Kier alpha value is -2.20. The number of carbonyl (C=O) groups is 4. The summed E-state index contributed by atoms with van der Waals surface area (Å²) in [6.07, 6.45) is 6.34. The zero-order valence-corrected chi connectivity index (χ0v) is 27.5. The lowest BCUT2D eigenvalue weighted by atomic mass is 9.78. The maximum absolute atomic E-state index is 13.2. The number of nitrogens with zero attached hydrogens (tertiary/aromatic N) is 2.